The summed E-state index contributed by atoms with van der Waals surface area (Å²) in [5.74, 6) is 1.69. The summed E-state index contributed by atoms with van der Waals surface area (Å²) >= 11 is 0. The number of nitrogens with one attached hydrogen (secondary N) is 2. The molecule has 27 heavy (non-hydrogen) atoms. The summed E-state index contributed by atoms with van der Waals surface area (Å²) in [5, 5.41) is 16.0. The van der Waals surface area contributed by atoms with Crippen LogP contribution in [0.1, 0.15) is 52.0 Å². The van der Waals surface area contributed by atoms with Crippen molar-refractivity contribution in [2.75, 3.05) is 26.2 Å². The van der Waals surface area contributed by atoms with Crippen LogP contribution in [0.2, 0.25) is 0 Å². The van der Waals surface area contributed by atoms with Gasteiger partial charge in [0.25, 0.3) is 0 Å². The van der Waals surface area contributed by atoms with Gasteiger partial charge in [-0.25, -0.2) is 4.39 Å². The van der Waals surface area contributed by atoms with E-state index in [2.05, 4.69) is 31.4 Å². The van der Waals surface area contributed by atoms with E-state index >= 15 is 0 Å². The maximum absolute atomic E-state index is 13.2. The number of rotatable bonds is 10. The lowest BCUT2D eigenvalue weighted by atomic mass is 9.94. The molecule has 0 spiro atoms. The molecule has 6 heteroatoms. The van der Waals surface area contributed by atoms with Crippen molar-refractivity contribution < 1.29 is 9.50 Å². The molecule has 0 bridgehead atoms. The molecule has 1 unspecified atom stereocenters. The molecule has 2 rings (SSSR count). The van der Waals surface area contributed by atoms with Crippen molar-refractivity contribution in [3.63, 3.8) is 0 Å². The molecule has 0 aromatic heterocycles. The fraction of sp³-hybridized carbons (Fsp3) is 0.667. The van der Waals surface area contributed by atoms with Gasteiger partial charge in [-0.05, 0) is 62.1 Å². The van der Waals surface area contributed by atoms with Crippen molar-refractivity contribution in [3.05, 3.63) is 35.6 Å². The highest BCUT2D eigenvalue weighted by Crippen LogP contribution is 2.48. The summed E-state index contributed by atoms with van der Waals surface area (Å²) in [6.07, 6.45) is 4.10. The maximum Gasteiger partial charge on any atom is 0.191 e. The molecule has 1 aliphatic rings. The van der Waals surface area contributed by atoms with E-state index in [-0.39, 0.29) is 41.8 Å². The number of aliphatic hydroxyl groups is 1. The Balaban J connectivity index is 0.00000364. The first-order valence-corrected chi connectivity index (χ1v) is 9.88. The third kappa shape index (κ3) is 7.94. The van der Waals surface area contributed by atoms with Crippen LogP contribution in [0.3, 0.4) is 0 Å². The number of aliphatic imine (C=N–C) groups is 1. The van der Waals surface area contributed by atoms with E-state index in [4.69, 9.17) is 4.99 Å². The van der Waals surface area contributed by atoms with Crippen molar-refractivity contribution in [1.82, 2.24) is 10.6 Å². The normalized spacial score (nSPS) is 16.6. The second-order valence-corrected chi connectivity index (χ2v) is 7.87. The van der Waals surface area contributed by atoms with Crippen LogP contribution in [0.4, 0.5) is 4.39 Å². The third-order valence-corrected chi connectivity index (χ3v) is 5.09. The molecule has 0 radical (unpaired) electrons. The maximum atomic E-state index is 13.2. The first-order valence-electron chi connectivity index (χ1n) is 9.88. The molecule has 1 aromatic rings. The zero-order valence-corrected chi connectivity index (χ0v) is 19.1. The minimum atomic E-state index is -0.192. The molecule has 0 heterocycles. The van der Waals surface area contributed by atoms with Gasteiger partial charge >= 0.3 is 0 Å². The van der Waals surface area contributed by atoms with Crippen LogP contribution in [0, 0.1) is 17.7 Å². The van der Waals surface area contributed by atoms with Crippen molar-refractivity contribution in [1.29, 1.82) is 0 Å². The molecule has 0 saturated heterocycles. The predicted molar refractivity (Wildman–Crippen MR) is 121 cm³/mol. The van der Waals surface area contributed by atoms with Gasteiger partial charge in [0.05, 0.1) is 6.54 Å². The highest BCUT2D eigenvalue weighted by Gasteiger charge is 2.44. The number of halogens is 2. The molecule has 0 aliphatic heterocycles. The average molecular weight is 491 g/mol. The van der Waals surface area contributed by atoms with Crippen LogP contribution in [0.25, 0.3) is 0 Å². The zero-order valence-electron chi connectivity index (χ0n) is 16.8. The van der Waals surface area contributed by atoms with Gasteiger partial charge in [0.15, 0.2) is 5.96 Å². The first kappa shape index (κ1) is 24.1. The molecule has 1 aliphatic carbocycles. The van der Waals surface area contributed by atoms with Gasteiger partial charge < -0.3 is 15.7 Å². The van der Waals surface area contributed by atoms with E-state index in [0.717, 1.165) is 44.7 Å². The Morgan fingerprint density at radius 3 is 2.41 bits per heavy atom. The Labute approximate surface area is 180 Å². The van der Waals surface area contributed by atoms with Crippen LogP contribution in [0.5, 0.6) is 0 Å². The van der Waals surface area contributed by atoms with E-state index in [0.29, 0.717) is 18.4 Å². The topological polar surface area (TPSA) is 56.7 Å². The van der Waals surface area contributed by atoms with Gasteiger partial charge in [0, 0.05) is 25.1 Å². The molecule has 3 N–H and O–H groups in total. The standard InChI is InChI=1S/C21H34FN3O.HI/c1-4-23-20(24-14-17(9-12-26)13-16(2)3)25-15-21(10-11-21)18-5-7-19(22)8-6-18;/h5-8,16-17,26H,4,9-15H2,1-3H3,(H2,23,24,25);1H. The fourth-order valence-electron chi connectivity index (χ4n) is 3.46. The Kier molecular flexibility index (Phi) is 10.6. The van der Waals surface area contributed by atoms with Crippen molar-refractivity contribution >= 4 is 29.9 Å². The monoisotopic (exact) mass is 491 g/mol. The van der Waals surface area contributed by atoms with Crippen LogP contribution in [-0.4, -0.2) is 37.3 Å². The zero-order chi connectivity index (χ0) is 19.0. The smallest absolute Gasteiger partial charge is 0.191 e. The van der Waals surface area contributed by atoms with Gasteiger partial charge in [0.1, 0.15) is 5.82 Å². The number of benzene rings is 1. The minimum Gasteiger partial charge on any atom is -0.396 e. The van der Waals surface area contributed by atoms with E-state index in [1.807, 2.05) is 12.1 Å². The van der Waals surface area contributed by atoms with Crippen LogP contribution < -0.4 is 10.6 Å². The Hall–Kier alpha value is -0.890. The van der Waals surface area contributed by atoms with Crippen molar-refractivity contribution in [2.45, 2.75) is 51.9 Å². The highest BCUT2D eigenvalue weighted by atomic mass is 127. The van der Waals surface area contributed by atoms with E-state index in [9.17, 15) is 9.50 Å². The molecular weight excluding hydrogens is 456 g/mol. The summed E-state index contributed by atoms with van der Waals surface area (Å²) in [5.41, 5.74) is 1.25. The van der Waals surface area contributed by atoms with Gasteiger partial charge in [-0.3, -0.25) is 4.99 Å². The van der Waals surface area contributed by atoms with Gasteiger partial charge in [-0.15, -0.1) is 24.0 Å². The Bertz CT molecular complexity index is 573. The van der Waals surface area contributed by atoms with Crippen molar-refractivity contribution in [2.24, 2.45) is 16.8 Å². The molecule has 1 aromatic carbocycles. The number of hydrogen-bond donors (Lipinski definition) is 3. The lowest BCUT2D eigenvalue weighted by Gasteiger charge is -2.21. The predicted octanol–water partition coefficient (Wildman–Crippen LogP) is 4.08. The lowest BCUT2D eigenvalue weighted by molar-refractivity contribution is 0.243. The first-order chi connectivity index (χ1) is 12.5. The summed E-state index contributed by atoms with van der Waals surface area (Å²) in [4.78, 5) is 4.80. The van der Waals surface area contributed by atoms with E-state index < -0.39 is 0 Å². The molecule has 1 fully saturated rings. The van der Waals surface area contributed by atoms with Crippen LogP contribution in [0.15, 0.2) is 29.3 Å². The second kappa shape index (κ2) is 11.8. The van der Waals surface area contributed by atoms with Gasteiger partial charge in [-0.1, -0.05) is 26.0 Å². The SMILES string of the molecule is CCNC(=NCC1(c2ccc(F)cc2)CC1)NCC(CCO)CC(C)C.I. The third-order valence-electron chi connectivity index (χ3n) is 5.09. The Morgan fingerprint density at radius 1 is 1.22 bits per heavy atom. The largest absolute Gasteiger partial charge is 0.396 e. The summed E-state index contributed by atoms with van der Waals surface area (Å²) in [6.45, 7) is 9.04. The Morgan fingerprint density at radius 2 is 1.89 bits per heavy atom. The molecule has 1 atom stereocenters. The van der Waals surface area contributed by atoms with Crippen molar-refractivity contribution in [3.8, 4) is 0 Å². The lowest BCUT2D eigenvalue weighted by Crippen LogP contribution is -2.40. The molecular formula is C21H35FIN3O. The number of hydrogen-bond acceptors (Lipinski definition) is 2. The second-order valence-electron chi connectivity index (χ2n) is 7.87. The average Bonchev–Trinajstić information content (AvgIpc) is 3.38. The summed E-state index contributed by atoms with van der Waals surface area (Å²) < 4.78 is 13.2. The van der Waals surface area contributed by atoms with Gasteiger partial charge in [0.2, 0.25) is 0 Å². The van der Waals surface area contributed by atoms with E-state index in [1.165, 1.54) is 17.7 Å². The summed E-state index contributed by atoms with van der Waals surface area (Å²) in [6, 6.07) is 6.85. The minimum absolute atomic E-state index is 0. The fourth-order valence-corrected chi connectivity index (χ4v) is 3.46. The quantitative estimate of drug-likeness (QED) is 0.263. The number of guanidine groups is 1. The summed E-state index contributed by atoms with van der Waals surface area (Å²) in [7, 11) is 0. The van der Waals surface area contributed by atoms with E-state index in [1.54, 1.807) is 0 Å². The highest BCUT2D eigenvalue weighted by molar-refractivity contribution is 14.0. The molecule has 0 amide bonds. The molecule has 4 nitrogen and oxygen atoms in total. The number of nitrogens with zero attached hydrogens (tertiary/aromatic N) is 1. The van der Waals surface area contributed by atoms with Gasteiger partial charge in [-0.2, -0.15) is 0 Å². The van der Waals surface area contributed by atoms with Crippen LogP contribution in [-0.2, 0) is 5.41 Å². The number of aliphatic hydroxyl groups excluding tert-OH is 1. The molecule has 1 saturated carbocycles. The molecule has 154 valence electrons. The van der Waals surface area contributed by atoms with Crippen LogP contribution >= 0.6 is 24.0 Å².